The maximum Gasteiger partial charge on any atom is 0.240 e. The molecule has 0 aromatic heterocycles. The van der Waals surface area contributed by atoms with E-state index in [0.717, 1.165) is 37.2 Å². The van der Waals surface area contributed by atoms with E-state index in [1.807, 2.05) is 21.0 Å². The van der Waals surface area contributed by atoms with Gasteiger partial charge in [0, 0.05) is 29.8 Å². The molecule has 11 heteroatoms. The Morgan fingerprint density at radius 3 is 2.58 bits per heavy atom. The summed E-state index contributed by atoms with van der Waals surface area (Å²) in [5.74, 6) is 0.101. The van der Waals surface area contributed by atoms with Crippen molar-refractivity contribution in [2.75, 3.05) is 33.5 Å². The highest BCUT2D eigenvalue weighted by molar-refractivity contribution is 8.00. The zero-order chi connectivity index (χ0) is 27.4. The van der Waals surface area contributed by atoms with Crippen molar-refractivity contribution in [3.8, 4) is 0 Å². The van der Waals surface area contributed by atoms with E-state index in [9.17, 15) is 20.1 Å². The van der Waals surface area contributed by atoms with Gasteiger partial charge in [0.1, 0.15) is 35.9 Å². The van der Waals surface area contributed by atoms with Crippen LogP contribution in [0, 0.1) is 5.92 Å². The van der Waals surface area contributed by atoms with E-state index in [1.165, 1.54) is 17.3 Å². The minimum atomic E-state index is -1.38. The van der Waals surface area contributed by atoms with Gasteiger partial charge in [-0.25, -0.2) is 0 Å². The van der Waals surface area contributed by atoms with Gasteiger partial charge in [-0.3, -0.25) is 4.79 Å². The molecule has 3 aliphatic rings. The second-order valence-corrected chi connectivity index (χ2v) is 13.3. The molecule has 3 fully saturated rings. The SMILES string of the molecule is CSC1OC([C@H](NC(=O)C2NCC3CCCCOC32)[C@H](C)Sc2ccc(CN(C)C)cc2)C(O)C(O)C1O. The lowest BCUT2D eigenvalue weighted by atomic mass is 9.92. The Hall–Kier alpha value is -0.890. The van der Waals surface area contributed by atoms with Gasteiger partial charge >= 0.3 is 0 Å². The Bertz CT molecular complexity index is 907. The molecule has 1 aromatic carbocycles. The maximum atomic E-state index is 13.7. The maximum absolute atomic E-state index is 13.7. The summed E-state index contributed by atoms with van der Waals surface area (Å²) in [6.07, 6.45) is -0.145. The van der Waals surface area contributed by atoms with E-state index in [2.05, 4.69) is 39.8 Å². The van der Waals surface area contributed by atoms with Gasteiger partial charge in [0.15, 0.2) is 0 Å². The van der Waals surface area contributed by atoms with Crippen LogP contribution < -0.4 is 10.6 Å². The van der Waals surface area contributed by atoms with Crippen LogP contribution in [-0.4, -0.2) is 113 Å². The highest BCUT2D eigenvalue weighted by atomic mass is 32.2. The summed E-state index contributed by atoms with van der Waals surface area (Å²) in [7, 11) is 4.06. The number of benzene rings is 1. The van der Waals surface area contributed by atoms with E-state index < -0.39 is 41.9 Å². The first kappa shape index (κ1) is 30.1. The molecule has 10 atom stereocenters. The molecule has 5 N–H and O–H groups in total. The molecule has 8 unspecified atom stereocenters. The van der Waals surface area contributed by atoms with Crippen LogP contribution in [0.4, 0.5) is 0 Å². The molecule has 9 nitrogen and oxygen atoms in total. The zero-order valence-electron chi connectivity index (χ0n) is 22.7. The lowest BCUT2D eigenvalue weighted by Gasteiger charge is -2.44. The Morgan fingerprint density at radius 2 is 1.89 bits per heavy atom. The fourth-order valence-electron chi connectivity index (χ4n) is 5.66. The summed E-state index contributed by atoms with van der Waals surface area (Å²) in [6.45, 7) is 4.21. The molecule has 38 heavy (non-hydrogen) atoms. The summed E-state index contributed by atoms with van der Waals surface area (Å²) in [4.78, 5) is 16.8. The monoisotopic (exact) mass is 569 g/mol. The number of nitrogens with zero attached hydrogens (tertiary/aromatic N) is 1. The van der Waals surface area contributed by atoms with Gasteiger partial charge < -0.3 is 40.3 Å². The summed E-state index contributed by atoms with van der Waals surface area (Å²) >= 11 is 2.84. The molecule has 0 radical (unpaired) electrons. The topological polar surface area (TPSA) is 124 Å². The molecule has 214 valence electrons. The molecule has 3 aliphatic heterocycles. The minimum absolute atomic E-state index is 0.186. The minimum Gasteiger partial charge on any atom is -0.388 e. The Balaban J connectivity index is 1.54. The second kappa shape index (κ2) is 13.6. The molecule has 1 amide bonds. The average molecular weight is 570 g/mol. The van der Waals surface area contributed by atoms with E-state index in [1.54, 1.807) is 18.0 Å². The number of thioether (sulfide) groups is 2. The van der Waals surface area contributed by atoms with Gasteiger partial charge in [-0.15, -0.1) is 23.5 Å². The predicted molar refractivity (Wildman–Crippen MR) is 150 cm³/mol. The van der Waals surface area contributed by atoms with Crippen molar-refractivity contribution in [2.24, 2.45) is 5.92 Å². The highest BCUT2D eigenvalue weighted by Gasteiger charge is 2.49. The molecule has 0 aliphatic carbocycles. The van der Waals surface area contributed by atoms with E-state index in [-0.39, 0.29) is 17.3 Å². The first-order valence-electron chi connectivity index (χ1n) is 13.5. The summed E-state index contributed by atoms with van der Waals surface area (Å²) < 4.78 is 12.2. The van der Waals surface area contributed by atoms with Crippen LogP contribution in [0.15, 0.2) is 29.2 Å². The van der Waals surface area contributed by atoms with Crippen molar-refractivity contribution in [3.05, 3.63) is 29.8 Å². The molecular weight excluding hydrogens is 526 g/mol. The third-order valence-electron chi connectivity index (χ3n) is 7.71. The number of hydrogen-bond donors (Lipinski definition) is 5. The number of amides is 1. The Kier molecular flexibility index (Phi) is 10.8. The number of hydrogen-bond acceptors (Lipinski definition) is 10. The van der Waals surface area contributed by atoms with Crippen molar-refractivity contribution >= 4 is 29.4 Å². The van der Waals surface area contributed by atoms with Crippen LogP contribution in [0.25, 0.3) is 0 Å². The van der Waals surface area contributed by atoms with Gasteiger partial charge in [0.25, 0.3) is 0 Å². The lowest BCUT2D eigenvalue weighted by molar-refractivity contribution is -0.205. The normalized spacial score (nSPS) is 35.4. The largest absolute Gasteiger partial charge is 0.388 e. The number of ether oxygens (including phenoxy) is 2. The van der Waals surface area contributed by atoms with Crippen LogP contribution in [0.1, 0.15) is 31.7 Å². The molecule has 0 spiro atoms. The van der Waals surface area contributed by atoms with Crippen molar-refractivity contribution < 1.29 is 29.6 Å². The zero-order valence-corrected chi connectivity index (χ0v) is 24.3. The Morgan fingerprint density at radius 1 is 1.16 bits per heavy atom. The number of aliphatic hydroxyl groups is 3. The van der Waals surface area contributed by atoms with E-state index in [0.29, 0.717) is 12.5 Å². The predicted octanol–water partition coefficient (Wildman–Crippen LogP) is 1.04. The van der Waals surface area contributed by atoms with Crippen molar-refractivity contribution in [3.63, 3.8) is 0 Å². The number of nitrogens with one attached hydrogen (secondary N) is 2. The summed E-state index contributed by atoms with van der Waals surface area (Å²) in [5.41, 5.74) is 0.479. The third-order valence-corrected chi connectivity index (χ3v) is 9.77. The Labute approximate surface area is 234 Å². The van der Waals surface area contributed by atoms with Gasteiger partial charge in [-0.2, -0.15) is 0 Å². The molecular formula is C27H43N3O6S2. The van der Waals surface area contributed by atoms with Crippen molar-refractivity contribution in [1.82, 2.24) is 15.5 Å². The molecule has 0 bridgehead atoms. The number of carbonyl (C=O) groups is 1. The van der Waals surface area contributed by atoms with Crippen molar-refractivity contribution in [1.29, 1.82) is 0 Å². The molecule has 4 rings (SSSR count). The third kappa shape index (κ3) is 7.05. The quantitative estimate of drug-likeness (QED) is 0.276. The second-order valence-electron chi connectivity index (χ2n) is 10.9. The number of rotatable bonds is 9. The van der Waals surface area contributed by atoms with E-state index >= 15 is 0 Å². The van der Waals surface area contributed by atoms with Crippen LogP contribution in [-0.2, 0) is 20.8 Å². The van der Waals surface area contributed by atoms with Gasteiger partial charge in [-0.05, 0) is 56.8 Å². The lowest BCUT2D eigenvalue weighted by Crippen LogP contribution is -2.65. The summed E-state index contributed by atoms with van der Waals surface area (Å²) in [6, 6.07) is 7.17. The molecule has 3 saturated heterocycles. The van der Waals surface area contributed by atoms with Crippen LogP contribution in [0.2, 0.25) is 0 Å². The van der Waals surface area contributed by atoms with Gasteiger partial charge in [-0.1, -0.05) is 25.5 Å². The van der Waals surface area contributed by atoms with Crippen molar-refractivity contribution in [2.45, 2.75) is 90.9 Å². The first-order chi connectivity index (χ1) is 18.2. The highest BCUT2D eigenvalue weighted by Crippen LogP contribution is 2.34. The van der Waals surface area contributed by atoms with Crippen LogP contribution in [0.5, 0.6) is 0 Å². The van der Waals surface area contributed by atoms with Gasteiger partial charge in [0.05, 0.1) is 12.1 Å². The molecule has 0 saturated carbocycles. The smallest absolute Gasteiger partial charge is 0.240 e. The molecule has 3 heterocycles. The first-order valence-corrected chi connectivity index (χ1v) is 15.6. The summed E-state index contributed by atoms with van der Waals surface area (Å²) in [5, 5.41) is 38.3. The number of carbonyl (C=O) groups excluding carboxylic acids is 1. The fourth-order valence-corrected chi connectivity index (χ4v) is 7.44. The van der Waals surface area contributed by atoms with Gasteiger partial charge in [0.2, 0.25) is 5.91 Å². The van der Waals surface area contributed by atoms with E-state index in [4.69, 9.17) is 9.47 Å². The number of fused-ring (bicyclic) bond motifs is 1. The molecule has 1 aromatic rings. The standard InChI is InChI=1S/C27H43N3O6S2/c1-15(38-18-10-8-16(9-11-18)14-30(2)3)19(25-22(32)21(31)23(33)27(36-25)37-4)29-26(34)20-24-17(13-28-20)7-5-6-12-35-24/h8-11,15,17,19-25,27-28,31-33H,5-7,12-14H2,1-4H3,(H,29,34)/t15-,17?,19+,20?,21?,22?,23?,24?,25?,27?/m0/s1. The number of aliphatic hydroxyl groups excluding tert-OH is 3. The average Bonchev–Trinajstić information content (AvgIpc) is 3.15. The van der Waals surface area contributed by atoms with Crippen LogP contribution in [0.3, 0.4) is 0 Å². The van der Waals surface area contributed by atoms with Crippen LogP contribution >= 0.6 is 23.5 Å². The fraction of sp³-hybridized carbons (Fsp3) is 0.741.